The molecule has 0 spiro atoms. The van der Waals surface area contributed by atoms with Crippen LogP contribution in [-0.2, 0) is 27.5 Å². The molecule has 0 aliphatic heterocycles. The average molecular weight is 396 g/mol. The van der Waals surface area contributed by atoms with Gasteiger partial charge in [0.05, 0.1) is 24.8 Å². The van der Waals surface area contributed by atoms with E-state index in [4.69, 9.17) is 0 Å². The number of carbonyl (C=O) groups excluding carboxylic acids is 1. The highest BCUT2D eigenvalue weighted by Gasteiger charge is 2.39. The lowest BCUT2D eigenvalue weighted by atomic mass is 10.0. The molecule has 0 bridgehead atoms. The minimum absolute atomic E-state index is 0.416. The minimum Gasteiger partial charge on any atom is -0.469 e. The van der Waals surface area contributed by atoms with E-state index in [2.05, 4.69) is 30.4 Å². The number of hydrogen-bond donors (Lipinski definition) is 0. The third kappa shape index (κ3) is 5.04. The van der Waals surface area contributed by atoms with Gasteiger partial charge in [0, 0.05) is 11.4 Å². The van der Waals surface area contributed by atoms with Crippen LogP contribution in [0.4, 0.5) is 26.3 Å². The second-order valence-electron chi connectivity index (χ2n) is 3.87. The van der Waals surface area contributed by atoms with Crippen molar-refractivity contribution in [1.82, 2.24) is 4.98 Å². The van der Waals surface area contributed by atoms with Gasteiger partial charge in [-0.05, 0) is 5.56 Å². The smallest absolute Gasteiger partial charge is 0.469 e. The number of pyridine rings is 1. The summed E-state index contributed by atoms with van der Waals surface area (Å²) in [5.41, 5.74) is -2.75. The molecule has 11 heteroatoms. The Balaban J connectivity index is 3.45. The van der Waals surface area contributed by atoms with Crippen molar-refractivity contribution in [1.29, 1.82) is 0 Å². The highest BCUT2D eigenvalue weighted by Crippen LogP contribution is 2.37. The summed E-state index contributed by atoms with van der Waals surface area (Å²) in [6.45, 7) is 0. The number of esters is 1. The summed E-state index contributed by atoms with van der Waals surface area (Å²) in [4.78, 5) is 14.3. The van der Waals surface area contributed by atoms with Crippen molar-refractivity contribution in [2.24, 2.45) is 0 Å². The van der Waals surface area contributed by atoms with E-state index in [1.165, 1.54) is 0 Å². The summed E-state index contributed by atoms with van der Waals surface area (Å²) in [7, 11) is 0.940. The van der Waals surface area contributed by atoms with Crippen LogP contribution in [-0.4, -0.2) is 24.4 Å². The maximum Gasteiger partial charge on any atom is 0.574 e. The Labute approximate surface area is 128 Å². The van der Waals surface area contributed by atoms with Crippen molar-refractivity contribution in [3.8, 4) is 5.88 Å². The Kier molecular flexibility index (Phi) is 5.65. The second kappa shape index (κ2) is 6.71. The molecule has 1 rings (SSSR count). The fraction of sp³-hybridized carbons (Fsp3) is 0.455. The van der Waals surface area contributed by atoms with Crippen molar-refractivity contribution >= 4 is 21.9 Å². The van der Waals surface area contributed by atoms with Gasteiger partial charge in [0.2, 0.25) is 5.88 Å². The molecule has 0 unspecified atom stereocenters. The molecule has 22 heavy (non-hydrogen) atoms. The van der Waals surface area contributed by atoms with Crippen molar-refractivity contribution < 1.29 is 40.6 Å². The molecule has 0 aromatic carbocycles. The molecule has 1 aromatic rings. The summed E-state index contributed by atoms with van der Waals surface area (Å²) in [5, 5.41) is -0.481. The van der Waals surface area contributed by atoms with Crippen molar-refractivity contribution in [2.75, 3.05) is 7.11 Å². The van der Waals surface area contributed by atoms with Crippen LogP contribution < -0.4 is 4.74 Å². The van der Waals surface area contributed by atoms with Gasteiger partial charge in [0.1, 0.15) is 0 Å². The summed E-state index contributed by atoms with van der Waals surface area (Å²) < 4.78 is 83.4. The number of nitrogens with zero attached hydrogens (tertiary/aromatic N) is 1. The van der Waals surface area contributed by atoms with Gasteiger partial charge in [0.25, 0.3) is 0 Å². The SMILES string of the molecule is COC(=O)Cc1cc(OC(F)(F)F)nc(CBr)c1C(F)(F)F. The average Bonchev–Trinajstić information content (AvgIpc) is 2.34. The third-order valence-corrected chi connectivity index (χ3v) is 2.88. The van der Waals surface area contributed by atoms with E-state index in [-0.39, 0.29) is 0 Å². The zero-order valence-electron chi connectivity index (χ0n) is 10.8. The lowest BCUT2D eigenvalue weighted by molar-refractivity contribution is -0.276. The predicted molar refractivity (Wildman–Crippen MR) is 64.3 cm³/mol. The van der Waals surface area contributed by atoms with Crippen LogP contribution >= 0.6 is 15.9 Å². The van der Waals surface area contributed by atoms with Gasteiger partial charge in [-0.3, -0.25) is 4.79 Å². The molecule has 0 N–H and O–H groups in total. The van der Waals surface area contributed by atoms with Crippen molar-refractivity contribution in [3.63, 3.8) is 0 Å². The molecule has 124 valence electrons. The number of rotatable bonds is 4. The molecule has 0 amide bonds. The maximum absolute atomic E-state index is 13.0. The fourth-order valence-electron chi connectivity index (χ4n) is 1.61. The topological polar surface area (TPSA) is 48.4 Å². The summed E-state index contributed by atoms with van der Waals surface area (Å²) >= 11 is 2.72. The maximum atomic E-state index is 13.0. The van der Waals surface area contributed by atoms with Crippen LogP contribution in [0.3, 0.4) is 0 Å². The molecule has 0 fully saturated rings. The molecule has 1 aromatic heterocycles. The van der Waals surface area contributed by atoms with Crippen LogP contribution in [0.2, 0.25) is 0 Å². The fourth-order valence-corrected chi connectivity index (χ4v) is 2.01. The largest absolute Gasteiger partial charge is 0.574 e. The third-order valence-electron chi connectivity index (χ3n) is 2.35. The Morgan fingerprint density at radius 1 is 1.27 bits per heavy atom. The van der Waals surface area contributed by atoms with Crippen molar-refractivity contribution in [3.05, 3.63) is 22.9 Å². The van der Waals surface area contributed by atoms with E-state index in [1.54, 1.807) is 0 Å². The highest BCUT2D eigenvalue weighted by atomic mass is 79.9. The number of methoxy groups -OCH3 is 1. The van der Waals surface area contributed by atoms with Crippen LogP contribution in [0.1, 0.15) is 16.8 Å². The monoisotopic (exact) mass is 395 g/mol. The molecule has 4 nitrogen and oxygen atoms in total. The first-order chi connectivity index (χ1) is 9.97. The Hall–Kier alpha value is -1.52. The van der Waals surface area contributed by atoms with E-state index in [1.807, 2.05) is 0 Å². The number of hydrogen-bond acceptors (Lipinski definition) is 4. The predicted octanol–water partition coefficient (Wildman–Crippen LogP) is 3.61. The number of carbonyl (C=O) groups is 1. The first kappa shape index (κ1) is 18.5. The van der Waals surface area contributed by atoms with Crippen LogP contribution in [0, 0.1) is 0 Å². The first-order valence-electron chi connectivity index (χ1n) is 5.46. The number of halogens is 7. The van der Waals surface area contributed by atoms with Gasteiger partial charge in [-0.2, -0.15) is 13.2 Å². The normalized spacial score (nSPS) is 12.2. The van der Waals surface area contributed by atoms with Gasteiger partial charge in [-0.15, -0.1) is 13.2 Å². The van der Waals surface area contributed by atoms with Gasteiger partial charge in [0.15, 0.2) is 0 Å². The first-order valence-corrected chi connectivity index (χ1v) is 6.58. The van der Waals surface area contributed by atoms with E-state index in [0.717, 1.165) is 7.11 Å². The number of ether oxygens (including phenoxy) is 2. The summed E-state index contributed by atoms with van der Waals surface area (Å²) in [6.07, 6.45) is -10.9. The molecule has 0 saturated carbocycles. The lowest BCUT2D eigenvalue weighted by Gasteiger charge is -2.17. The molecule has 1 heterocycles. The second-order valence-corrected chi connectivity index (χ2v) is 4.43. The van der Waals surface area contributed by atoms with E-state index in [9.17, 15) is 31.1 Å². The standard InChI is InChI=1S/C11H8BrF6NO3/c1-21-8(20)3-5-2-7(22-11(16,17)18)19-6(4-12)9(5)10(13,14)15/h2H,3-4H2,1H3. The molecule has 0 radical (unpaired) electrons. The Bertz CT molecular complexity index is 558. The molecule has 0 atom stereocenters. The Morgan fingerprint density at radius 3 is 2.27 bits per heavy atom. The Morgan fingerprint density at radius 2 is 1.86 bits per heavy atom. The van der Waals surface area contributed by atoms with E-state index < -0.39 is 53.0 Å². The van der Waals surface area contributed by atoms with Gasteiger partial charge in [-0.25, -0.2) is 4.98 Å². The van der Waals surface area contributed by atoms with E-state index in [0.29, 0.717) is 6.07 Å². The van der Waals surface area contributed by atoms with Gasteiger partial charge in [-0.1, -0.05) is 15.9 Å². The number of alkyl halides is 7. The quantitative estimate of drug-likeness (QED) is 0.444. The molecular weight excluding hydrogens is 388 g/mol. The lowest BCUT2D eigenvalue weighted by Crippen LogP contribution is -2.21. The molecule has 0 aliphatic rings. The highest BCUT2D eigenvalue weighted by molar-refractivity contribution is 9.08. The van der Waals surface area contributed by atoms with Gasteiger partial charge < -0.3 is 9.47 Å². The molecular formula is C11H8BrF6NO3. The summed E-state index contributed by atoms with van der Waals surface area (Å²) in [5.74, 6) is -2.14. The van der Waals surface area contributed by atoms with Crippen LogP contribution in [0.25, 0.3) is 0 Å². The van der Waals surface area contributed by atoms with Crippen LogP contribution in [0.5, 0.6) is 5.88 Å². The molecule has 0 saturated heterocycles. The van der Waals surface area contributed by atoms with Gasteiger partial charge >= 0.3 is 18.5 Å². The summed E-state index contributed by atoms with van der Waals surface area (Å²) in [6, 6.07) is 0.416. The number of aromatic nitrogens is 1. The van der Waals surface area contributed by atoms with E-state index >= 15 is 0 Å². The van der Waals surface area contributed by atoms with Crippen molar-refractivity contribution in [2.45, 2.75) is 24.3 Å². The zero-order chi connectivity index (χ0) is 17.1. The molecule has 0 aliphatic carbocycles. The van der Waals surface area contributed by atoms with Crippen LogP contribution in [0.15, 0.2) is 6.07 Å². The zero-order valence-corrected chi connectivity index (χ0v) is 12.4. The minimum atomic E-state index is -5.13.